The second-order valence-corrected chi connectivity index (χ2v) is 7.23. The van der Waals surface area contributed by atoms with Crippen LogP contribution in [0.4, 0.5) is 4.39 Å². The average molecular weight is 403 g/mol. The Morgan fingerprint density at radius 3 is 3.03 bits per heavy atom. The highest BCUT2D eigenvalue weighted by molar-refractivity contribution is 5.83. The number of benzene rings is 1. The van der Waals surface area contributed by atoms with Gasteiger partial charge in [0.15, 0.2) is 0 Å². The molecule has 9 nitrogen and oxygen atoms in total. The molecule has 2 N–H and O–H groups in total. The quantitative estimate of drug-likeness (QED) is 0.705. The summed E-state index contributed by atoms with van der Waals surface area (Å²) < 4.78 is 24.4. The number of nitrogens with zero attached hydrogens (tertiary/aromatic N) is 3. The van der Waals surface area contributed by atoms with Gasteiger partial charge in [-0.05, 0) is 18.6 Å². The van der Waals surface area contributed by atoms with Crippen LogP contribution in [0.15, 0.2) is 28.7 Å². The van der Waals surface area contributed by atoms with Gasteiger partial charge in [-0.1, -0.05) is 12.1 Å². The molecule has 2 saturated heterocycles. The second kappa shape index (κ2) is 8.26. The molecule has 1 aromatic heterocycles. The van der Waals surface area contributed by atoms with Gasteiger partial charge in [-0.2, -0.15) is 0 Å². The van der Waals surface area contributed by atoms with E-state index in [9.17, 15) is 14.0 Å². The van der Waals surface area contributed by atoms with E-state index >= 15 is 0 Å². The van der Waals surface area contributed by atoms with Crippen molar-refractivity contribution in [1.82, 2.24) is 25.7 Å². The molecule has 3 atom stereocenters. The zero-order valence-corrected chi connectivity index (χ0v) is 15.9. The normalized spacial score (nSPS) is 24.2. The van der Waals surface area contributed by atoms with Crippen LogP contribution in [0.1, 0.15) is 12.3 Å². The summed E-state index contributed by atoms with van der Waals surface area (Å²) in [6, 6.07) is 5.69. The number of nitrogens with one attached hydrogen (secondary N) is 2. The van der Waals surface area contributed by atoms with Crippen molar-refractivity contribution >= 4 is 11.8 Å². The summed E-state index contributed by atoms with van der Waals surface area (Å²) >= 11 is 0. The molecule has 0 radical (unpaired) electrons. The van der Waals surface area contributed by atoms with Gasteiger partial charge in [0.2, 0.25) is 17.7 Å². The molecule has 2 aromatic rings. The van der Waals surface area contributed by atoms with E-state index in [0.29, 0.717) is 31.8 Å². The maximum Gasteiger partial charge on any atom is 0.250 e. The fourth-order valence-corrected chi connectivity index (χ4v) is 3.95. The molecule has 3 heterocycles. The van der Waals surface area contributed by atoms with E-state index in [1.165, 1.54) is 13.2 Å². The van der Waals surface area contributed by atoms with E-state index in [1.807, 2.05) is 0 Å². The van der Waals surface area contributed by atoms with Crippen molar-refractivity contribution in [3.63, 3.8) is 0 Å². The molecule has 2 amide bonds. The second-order valence-electron chi connectivity index (χ2n) is 7.23. The zero-order valence-electron chi connectivity index (χ0n) is 15.9. The van der Waals surface area contributed by atoms with Crippen LogP contribution in [0.3, 0.4) is 0 Å². The van der Waals surface area contributed by atoms with Gasteiger partial charge in [0, 0.05) is 38.7 Å². The van der Waals surface area contributed by atoms with Gasteiger partial charge < -0.3 is 19.8 Å². The number of methoxy groups -OCH3 is 1. The van der Waals surface area contributed by atoms with Crippen LogP contribution in [0, 0.1) is 5.82 Å². The number of hydrogen-bond donors (Lipinski definition) is 2. The molecule has 154 valence electrons. The van der Waals surface area contributed by atoms with Gasteiger partial charge in [0.05, 0.1) is 11.6 Å². The van der Waals surface area contributed by atoms with Gasteiger partial charge in [-0.15, -0.1) is 10.2 Å². The van der Waals surface area contributed by atoms with Gasteiger partial charge in [0.25, 0.3) is 5.89 Å². The number of aromatic nitrogens is 2. The number of halogens is 1. The summed E-state index contributed by atoms with van der Waals surface area (Å²) in [7, 11) is 1.46. The minimum atomic E-state index is -0.429. The molecule has 1 aromatic carbocycles. The molecule has 29 heavy (non-hydrogen) atoms. The summed E-state index contributed by atoms with van der Waals surface area (Å²) in [5.74, 6) is -0.194. The predicted octanol–water partition coefficient (Wildman–Crippen LogP) is 0.122. The Labute approximate surface area is 166 Å². The molecule has 0 bridgehead atoms. The molecule has 2 fully saturated rings. The van der Waals surface area contributed by atoms with Crippen LogP contribution in [0.25, 0.3) is 11.5 Å². The van der Waals surface area contributed by atoms with Gasteiger partial charge >= 0.3 is 0 Å². The first kappa shape index (κ1) is 19.5. The highest BCUT2D eigenvalue weighted by Gasteiger charge is 2.44. The van der Waals surface area contributed by atoms with Gasteiger partial charge in [-0.25, -0.2) is 4.39 Å². The lowest BCUT2D eigenvalue weighted by atomic mass is 10.1. The number of carbonyl (C=O) groups excluding carboxylic acids is 2. The van der Waals surface area contributed by atoms with Crippen molar-refractivity contribution in [1.29, 1.82) is 0 Å². The predicted molar refractivity (Wildman–Crippen MR) is 99.1 cm³/mol. The fraction of sp³-hybridized carbons (Fsp3) is 0.474. The Kier molecular flexibility index (Phi) is 5.54. The van der Waals surface area contributed by atoms with Crippen molar-refractivity contribution in [3.05, 3.63) is 36.0 Å². The highest BCUT2D eigenvalue weighted by atomic mass is 19.1. The van der Waals surface area contributed by atoms with Crippen molar-refractivity contribution in [2.24, 2.45) is 0 Å². The third-order valence-corrected chi connectivity index (χ3v) is 5.24. The SMILES string of the molecule is COCC(=O)N[C@H]1C[C@H]2C(=O)NC[C@@H](Cc3nnc(-c4ccccc4F)o3)N2C1. The van der Waals surface area contributed by atoms with Crippen molar-refractivity contribution in [2.75, 3.05) is 26.8 Å². The molecule has 2 aliphatic heterocycles. The van der Waals surface area contributed by atoms with E-state index in [0.717, 1.165) is 0 Å². The molecular weight excluding hydrogens is 381 g/mol. The summed E-state index contributed by atoms with van der Waals surface area (Å²) in [5, 5.41) is 13.8. The van der Waals surface area contributed by atoms with E-state index < -0.39 is 5.82 Å². The Balaban J connectivity index is 1.45. The van der Waals surface area contributed by atoms with E-state index in [4.69, 9.17) is 9.15 Å². The van der Waals surface area contributed by atoms with Crippen molar-refractivity contribution in [3.8, 4) is 11.5 Å². The molecule has 10 heteroatoms. The minimum absolute atomic E-state index is 0.0163. The Bertz CT molecular complexity index is 904. The van der Waals surface area contributed by atoms with Crippen LogP contribution >= 0.6 is 0 Å². The lowest BCUT2D eigenvalue weighted by Gasteiger charge is -2.36. The third-order valence-electron chi connectivity index (χ3n) is 5.24. The summed E-state index contributed by atoms with van der Waals surface area (Å²) in [5.41, 5.74) is 0.253. The molecule has 0 aliphatic carbocycles. The zero-order chi connectivity index (χ0) is 20.4. The summed E-state index contributed by atoms with van der Waals surface area (Å²) in [4.78, 5) is 26.1. The largest absolute Gasteiger partial charge is 0.421 e. The van der Waals surface area contributed by atoms with Crippen molar-refractivity contribution in [2.45, 2.75) is 31.0 Å². The maximum atomic E-state index is 13.9. The van der Waals surface area contributed by atoms with Crippen LogP contribution in [-0.2, 0) is 20.7 Å². The minimum Gasteiger partial charge on any atom is -0.421 e. The Morgan fingerprint density at radius 2 is 2.24 bits per heavy atom. The lowest BCUT2D eigenvalue weighted by molar-refractivity contribution is -0.129. The standard InChI is InChI=1S/C19H22FN5O4/c1-28-10-16(26)22-11-6-15-18(27)21-8-12(25(15)9-11)7-17-23-24-19(29-17)13-4-2-3-5-14(13)20/h2-5,11-12,15H,6-10H2,1H3,(H,21,27)(H,22,26)/t11-,12+,15-/m0/s1. The van der Waals surface area contributed by atoms with Crippen LogP contribution in [0.5, 0.6) is 0 Å². The van der Waals surface area contributed by atoms with Crippen LogP contribution < -0.4 is 10.6 Å². The van der Waals surface area contributed by atoms with Gasteiger partial charge in [0.1, 0.15) is 12.4 Å². The third kappa shape index (κ3) is 4.13. The first-order valence-corrected chi connectivity index (χ1v) is 9.44. The molecule has 4 rings (SSSR count). The lowest BCUT2D eigenvalue weighted by Crippen LogP contribution is -2.58. The molecule has 0 spiro atoms. The first-order chi connectivity index (χ1) is 14.0. The average Bonchev–Trinajstić information content (AvgIpc) is 3.32. The summed E-state index contributed by atoms with van der Waals surface area (Å²) in [6.45, 7) is 0.968. The number of ether oxygens (including phenoxy) is 1. The fourth-order valence-electron chi connectivity index (χ4n) is 3.95. The van der Waals surface area contributed by atoms with Crippen molar-refractivity contribution < 1.29 is 23.1 Å². The number of amides is 2. The number of rotatable bonds is 6. The first-order valence-electron chi connectivity index (χ1n) is 9.44. The monoisotopic (exact) mass is 403 g/mol. The number of hydrogen-bond acceptors (Lipinski definition) is 7. The number of fused-ring (bicyclic) bond motifs is 1. The topological polar surface area (TPSA) is 110 Å². The van der Waals surface area contributed by atoms with E-state index in [2.05, 4.69) is 25.7 Å². The Morgan fingerprint density at radius 1 is 1.41 bits per heavy atom. The molecule has 2 aliphatic rings. The number of carbonyl (C=O) groups is 2. The van der Waals surface area contributed by atoms with Gasteiger partial charge in [-0.3, -0.25) is 14.5 Å². The maximum absolute atomic E-state index is 13.9. The smallest absolute Gasteiger partial charge is 0.250 e. The molecule has 0 unspecified atom stereocenters. The summed E-state index contributed by atoms with van der Waals surface area (Å²) in [6.07, 6.45) is 0.944. The van der Waals surface area contributed by atoms with Crippen LogP contribution in [0.2, 0.25) is 0 Å². The van der Waals surface area contributed by atoms with E-state index in [1.54, 1.807) is 18.2 Å². The van der Waals surface area contributed by atoms with Crippen LogP contribution in [-0.4, -0.2) is 71.8 Å². The van der Waals surface area contributed by atoms with E-state index in [-0.39, 0.29) is 48.0 Å². The molecule has 0 saturated carbocycles. The molecular formula is C19H22FN5O4. The highest BCUT2D eigenvalue weighted by Crippen LogP contribution is 2.27. The Hall–Kier alpha value is -2.85. The number of piperazine rings is 1.